The summed E-state index contributed by atoms with van der Waals surface area (Å²) in [5, 5.41) is 15.0. The predicted octanol–water partition coefficient (Wildman–Crippen LogP) is 1.94. The van der Waals surface area contributed by atoms with Crippen LogP contribution in [0.3, 0.4) is 0 Å². The summed E-state index contributed by atoms with van der Waals surface area (Å²) in [6.07, 6.45) is -3.99. The minimum Gasteiger partial charge on any atom is -0.373 e. The minimum absolute atomic E-state index is 0.0456. The second-order valence-corrected chi connectivity index (χ2v) is 7.94. The van der Waals surface area contributed by atoms with Crippen LogP contribution in [-0.4, -0.2) is 52.0 Å². The van der Waals surface area contributed by atoms with E-state index in [2.05, 4.69) is 15.6 Å². The van der Waals surface area contributed by atoms with E-state index in [0.29, 0.717) is 25.2 Å². The van der Waals surface area contributed by atoms with Crippen molar-refractivity contribution in [1.29, 1.82) is 0 Å². The maximum Gasteiger partial charge on any atom is 0.403 e. The first kappa shape index (κ1) is 22.1. The van der Waals surface area contributed by atoms with Crippen molar-refractivity contribution in [3.63, 3.8) is 0 Å². The number of nitrogens with one attached hydrogen (secondary N) is 2. The highest BCUT2D eigenvalue weighted by molar-refractivity contribution is 6.04. The van der Waals surface area contributed by atoms with Gasteiger partial charge in [-0.15, -0.1) is 0 Å². The Labute approximate surface area is 181 Å². The molecule has 32 heavy (non-hydrogen) atoms. The van der Waals surface area contributed by atoms with Crippen LogP contribution in [0.5, 0.6) is 0 Å². The molecule has 2 aliphatic rings. The summed E-state index contributed by atoms with van der Waals surface area (Å²) in [7, 11) is 1.56. The molecule has 0 aromatic carbocycles. The molecular weight excluding hydrogens is 429 g/mol. The highest BCUT2D eigenvalue weighted by Crippen LogP contribution is 2.39. The molecule has 0 radical (unpaired) electrons. The highest BCUT2D eigenvalue weighted by Gasteiger charge is 2.41. The molecule has 172 valence electrons. The standard InChI is InChI=1S/C20H23F3N6O3/c1-11(20(21,22)23)24-17(30)13-5-6-15-16(25-13)29(12-7-9-28(15)10-12)19(32)26-14-4-3-8-27(2)18(14)31/h3-6,8,11-12,17,24,30H,7,9-10H2,1-2H3,(H,26,32)/t11-,12+,17?/m1/s1. The summed E-state index contributed by atoms with van der Waals surface area (Å²) in [6.45, 7) is 2.15. The van der Waals surface area contributed by atoms with Crippen molar-refractivity contribution in [2.45, 2.75) is 37.8 Å². The van der Waals surface area contributed by atoms with Crippen LogP contribution in [0.25, 0.3) is 0 Å². The molecule has 4 heterocycles. The second-order valence-electron chi connectivity index (χ2n) is 7.94. The van der Waals surface area contributed by atoms with E-state index in [1.54, 1.807) is 25.4 Å². The SMILES string of the molecule is C[C@@H](NC(O)c1ccc2c(n1)N(C(=O)Nc1cccn(C)c1=O)[C@H]1CCN2C1)C(F)(F)F. The molecule has 2 aromatic rings. The zero-order chi connectivity index (χ0) is 23.2. The number of nitrogens with zero attached hydrogens (tertiary/aromatic N) is 4. The lowest BCUT2D eigenvalue weighted by molar-refractivity contribution is -0.159. The zero-order valence-electron chi connectivity index (χ0n) is 17.4. The number of alkyl halides is 3. The summed E-state index contributed by atoms with van der Waals surface area (Å²) in [6, 6.07) is 3.42. The Morgan fingerprint density at radius 1 is 1.31 bits per heavy atom. The largest absolute Gasteiger partial charge is 0.403 e. The number of aliphatic hydroxyl groups excluding tert-OH is 1. The lowest BCUT2D eigenvalue weighted by Gasteiger charge is -2.36. The number of aliphatic hydroxyl groups is 1. The molecule has 12 heteroatoms. The molecular formula is C20H23F3N6O3. The summed E-state index contributed by atoms with van der Waals surface area (Å²) < 4.78 is 39.9. The molecule has 1 fully saturated rings. The molecule has 4 rings (SSSR count). The number of amides is 2. The fraction of sp³-hybridized carbons (Fsp3) is 0.450. The third kappa shape index (κ3) is 4.02. The fourth-order valence-corrected chi connectivity index (χ4v) is 3.92. The lowest BCUT2D eigenvalue weighted by Crippen LogP contribution is -2.49. The summed E-state index contributed by atoms with van der Waals surface area (Å²) >= 11 is 0. The fourth-order valence-electron chi connectivity index (χ4n) is 3.92. The maximum atomic E-state index is 13.2. The van der Waals surface area contributed by atoms with Crippen LogP contribution in [0.1, 0.15) is 25.3 Å². The van der Waals surface area contributed by atoms with Gasteiger partial charge >= 0.3 is 12.2 Å². The minimum atomic E-state index is -4.53. The molecule has 0 aliphatic carbocycles. The molecule has 1 saturated heterocycles. The van der Waals surface area contributed by atoms with E-state index in [9.17, 15) is 27.9 Å². The Morgan fingerprint density at radius 3 is 2.78 bits per heavy atom. The molecule has 2 aromatic heterocycles. The van der Waals surface area contributed by atoms with Gasteiger partial charge < -0.3 is 19.9 Å². The van der Waals surface area contributed by atoms with Gasteiger partial charge in [-0.25, -0.2) is 9.78 Å². The van der Waals surface area contributed by atoms with Gasteiger partial charge in [0.2, 0.25) is 0 Å². The van der Waals surface area contributed by atoms with Crippen LogP contribution in [0.4, 0.5) is 35.2 Å². The van der Waals surface area contributed by atoms with E-state index in [0.717, 1.165) is 6.92 Å². The average Bonchev–Trinajstić information content (AvgIpc) is 3.14. The molecule has 9 nitrogen and oxygen atoms in total. The Bertz CT molecular complexity index is 1090. The molecule has 2 bridgehead atoms. The van der Waals surface area contributed by atoms with E-state index in [1.165, 1.54) is 21.6 Å². The van der Waals surface area contributed by atoms with Gasteiger partial charge in [0.1, 0.15) is 18.0 Å². The Hall–Kier alpha value is -3.12. The lowest BCUT2D eigenvalue weighted by atomic mass is 10.1. The van der Waals surface area contributed by atoms with E-state index in [4.69, 9.17) is 0 Å². The number of hydrogen-bond acceptors (Lipinski definition) is 6. The number of urea groups is 1. The Morgan fingerprint density at radius 2 is 2.06 bits per heavy atom. The van der Waals surface area contributed by atoms with E-state index < -0.39 is 24.5 Å². The third-order valence-electron chi connectivity index (χ3n) is 5.74. The second kappa shape index (κ2) is 8.10. The van der Waals surface area contributed by atoms with E-state index >= 15 is 0 Å². The summed E-state index contributed by atoms with van der Waals surface area (Å²) in [4.78, 5) is 33.2. The molecule has 0 spiro atoms. The van der Waals surface area contributed by atoms with Crippen LogP contribution in [-0.2, 0) is 7.05 Å². The van der Waals surface area contributed by atoms with Crippen molar-refractivity contribution in [2.24, 2.45) is 7.05 Å². The maximum absolute atomic E-state index is 13.2. The van der Waals surface area contributed by atoms with E-state index in [-0.39, 0.29) is 28.8 Å². The van der Waals surface area contributed by atoms with Crippen LogP contribution in [0.15, 0.2) is 35.3 Å². The molecule has 2 amide bonds. The molecule has 0 saturated carbocycles. The number of carbonyl (C=O) groups excluding carboxylic acids is 1. The zero-order valence-corrected chi connectivity index (χ0v) is 17.4. The summed E-state index contributed by atoms with van der Waals surface area (Å²) in [5.74, 6) is 0.224. The van der Waals surface area contributed by atoms with Gasteiger partial charge in [0.15, 0.2) is 5.82 Å². The number of carbonyl (C=O) groups is 1. The highest BCUT2D eigenvalue weighted by atomic mass is 19.4. The topological polar surface area (TPSA) is 103 Å². The van der Waals surface area contributed by atoms with Gasteiger partial charge in [0.25, 0.3) is 5.56 Å². The van der Waals surface area contributed by atoms with Gasteiger partial charge in [0, 0.05) is 26.3 Å². The van der Waals surface area contributed by atoms with Crippen LogP contribution >= 0.6 is 0 Å². The monoisotopic (exact) mass is 452 g/mol. The molecule has 3 N–H and O–H groups in total. The van der Waals surface area contributed by atoms with Crippen LogP contribution in [0, 0.1) is 0 Å². The van der Waals surface area contributed by atoms with Crippen LogP contribution in [0.2, 0.25) is 0 Å². The molecule has 3 atom stereocenters. The van der Waals surface area contributed by atoms with Gasteiger partial charge in [-0.2, -0.15) is 13.2 Å². The summed E-state index contributed by atoms with van der Waals surface area (Å²) in [5.41, 5.74) is 0.304. The van der Waals surface area contributed by atoms with Crippen molar-refractivity contribution in [1.82, 2.24) is 14.9 Å². The quantitative estimate of drug-likeness (QED) is 0.613. The third-order valence-corrected chi connectivity index (χ3v) is 5.74. The number of fused-ring (bicyclic) bond motifs is 4. The van der Waals surface area contributed by atoms with Crippen molar-refractivity contribution >= 4 is 23.2 Å². The molecule has 1 unspecified atom stereocenters. The number of aryl methyl sites for hydroxylation is 1. The van der Waals surface area contributed by atoms with Gasteiger partial charge in [0.05, 0.1) is 17.4 Å². The Balaban J connectivity index is 1.64. The van der Waals surface area contributed by atoms with E-state index in [1.807, 2.05) is 4.90 Å². The average molecular weight is 452 g/mol. The smallest absolute Gasteiger partial charge is 0.373 e. The molecule has 2 aliphatic heterocycles. The number of pyridine rings is 2. The van der Waals surface area contributed by atoms with Crippen molar-refractivity contribution < 1.29 is 23.1 Å². The first-order valence-electron chi connectivity index (χ1n) is 10.1. The number of hydrogen-bond donors (Lipinski definition) is 3. The number of rotatable bonds is 4. The Kier molecular flexibility index (Phi) is 5.59. The van der Waals surface area contributed by atoms with Gasteiger partial charge in [-0.3, -0.25) is 15.0 Å². The normalized spacial score (nSPS) is 19.5. The number of anilines is 3. The van der Waals surface area contributed by atoms with Crippen molar-refractivity contribution in [3.8, 4) is 0 Å². The number of aromatic nitrogens is 2. The van der Waals surface area contributed by atoms with Crippen molar-refractivity contribution in [3.05, 3.63) is 46.5 Å². The number of halogens is 3. The van der Waals surface area contributed by atoms with Crippen LogP contribution < -0.4 is 26.0 Å². The van der Waals surface area contributed by atoms with Gasteiger partial charge in [-0.1, -0.05) is 0 Å². The first-order chi connectivity index (χ1) is 15.1. The predicted molar refractivity (Wildman–Crippen MR) is 112 cm³/mol. The first-order valence-corrected chi connectivity index (χ1v) is 10.1. The van der Waals surface area contributed by atoms with Crippen molar-refractivity contribution in [2.75, 3.05) is 28.2 Å². The van der Waals surface area contributed by atoms with Gasteiger partial charge in [-0.05, 0) is 37.6 Å².